The first-order chi connectivity index (χ1) is 9.31. The van der Waals surface area contributed by atoms with Crippen molar-refractivity contribution in [3.63, 3.8) is 0 Å². The van der Waals surface area contributed by atoms with Gasteiger partial charge in [0, 0.05) is 5.92 Å². The molecule has 3 nitrogen and oxygen atoms in total. The molecular weight excluding hydrogens is 236 g/mol. The molecule has 1 atom stereocenters. The van der Waals surface area contributed by atoms with E-state index in [0.717, 1.165) is 5.69 Å². The van der Waals surface area contributed by atoms with Gasteiger partial charge < -0.3 is 4.74 Å². The van der Waals surface area contributed by atoms with Crippen LogP contribution in [-0.2, 0) is 0 Å². The van der Waals surface area contributed by atoms with Gasteiger partial charge in [0.2, 0.25) is 5.88 Å². The summed E-state index contributed by atoms with van der Waals surface area (Å²) in [5, 5.41) is 0. The van der Waals surface area contributed by atoms with Gasteiger partial charge >= 0.3 is 0 Å². The minimum atomic E-state index is 0.565. The average molecular weight is 264 g/mol. The number of hydrogen-bond acceptors (Lipinski definition) is 3. The third-order valence-corrected chi connectivity index (χ3v) is 3.59. The largest absolute Gasteiger partial charge is 0.480 e. The first-order valence-electron chi connectivity index (χ1n) is 7.67. The SMILES string of the molecule is CCCCCCC(CCCC)c1cnc(OC)cn1. The molecule has 0 fully saturated rings. The van der Waals surface area contributed by atoms with Crippen molar-refractivity contribution in [1.29, 1.82) is 0 Å². The first-order valence-corrected chi connectivity index (χ1v) is 7.67. The molecular formula is C16H28N2O. The Morgan fingerprint density at radius 3 is 2.26 bits per heavy atom. The van der Waals surface area contributed by atoms with Crippen LogP contribution in [0.5, 0.6) is 5.88 Å². The molecule has 1 rings (SSSR count). The first kappa shape index (κ1) is 15.9. The zero-order valence-electron chi connectivity index (χ0n) is 12.7. The second-order valence-corrected chi connectivity index (χ2v) is 5.17. The molecule has 0 saturated carbocycles. The fourth-order valence-corrected chi connectivity index (χ4v) is 2.35. The number of methoxy groups -OCH3 is 1. The van der Waals surface area contributed by atoms with E-state index in [1.807, 2.05) is 6.20 Å². The topological polar surface area (TPSA) is 35.0 Å². The molecule has 1 aromatic rings. The zero-order chi connectivity index (χ0) is 13.9. The summed E-state index contributed by atoms with van der Waals surface area (Å²) in [4.78, 5) is 8.80. The molecule has 0 bridgehead atoms. The summed E-state index contributed by atoms with van der Waals surface area (Å²) in [7, 11) is 1.63. The molecule has 0 spiro atoms. The van der Waals surface area contributed by atoms with Crippen molar-refractivity contribution >= 4 is 0 Å². The molecule has 0 N–H and O–H groups in total. The highest BCUT2D eigenvalue weighted by Crippen LogP contribution is 2.26. The Labute approximate surface area is 117 Å². The van der Waals surface area contributed by atoms with Crippen molar-refractivity contribution in [2.45, 2.75) is 71.1 Å². The second-order valence-electron chi connectivity index (χ2n) is 5.17. The molecule has 0 aromatic carbocycles. The van der Waals surface area contributed by atoms with Crippen LogP contribution in [0.4, 0.5) is 0 Å². The van der Waals surface area contributed by atoms with E-state index < -0.39 is 0 Å². The Morgan fingerprint density at radius 1 is 0.947 bits per heavy atom. The Morgan fingerprint density at radius 2 is 1.68 bits per heavy atom. The van der Waals surface area contributed by atoms with Crippen LogP contribution in [0.15, 0.2) is 12.4 Å². The Kier molecular flexibility index (Phi) is 8.19. The van der Waals surface area contributed by atoms with Gasteiger partial charge in [0.15, 0.2) is 0 Å². The lowest BCUT2D eigenvalue weighted by Crippen LogP contribution is -2.03. The highest BCUT2D eigenvalue weighted by Gasteiger charge is 2.13. The summed E-state index contributed by atoms with van der Waals surface area (Å²) in [6, 6.07) is 0. The molecule has 0 radical (unpaired) electrons. The van der Waals surface area contributed by atoms with Gasteiger partial charge in [-0.3, -0.25) is 4.98 Å². The predicted molar refractivity (Wildman–Crippen MR) is 79.6 cm³/mol. The van der Waals surface area contributed by atoms with E-state index in [9.17, 15) is 0 Å². The quantitative estimate of drug-likeness (QED) is 0.573. The van der Waals surface area contributed by atoms with Gasteiger partial charge in [0.25, 0.3) is 0 Å². The average Bonchev–Trinajstić information content (AvgIpc) is 2.47. The molecule has 0 amide bonds. The van der Waals surface area contributed by atoms with Gasteiger partial charge in [0.1, 0.15) is 0 Å². The van der Waals surface area contributed by atoms with Crippen LogP contribution in [0.3, 0.4) is 0 Å². The highest BCUT2D eigenvalue weighted by molar-refractivity contribution is 5.10. The minimum Gasteiger partial charge on any atom is -0.480 e. The highest BCUT2D eigenvalue weighted by atomic mass is 16.5. The van der Waals surface area contributed by atoms with Crippen molar-refractivity contribution in [1.82, 2.24) is 9.97 Å². The molecule has 1 heterocycles. The lowest BCUT2D eigenvalue weighted by atomic mass is 9.92. The maximum absolute atomic E-state index is 5.07. The van der Waals surface area contributed by atoms with E-state index in [-0.39, 0.29) is 0 Å². The van der Waals surface area contributed by atoms with Gasteiger partial charge in [-0.1, -0.05) is 52.4 Å². The van der Waals surface area contributed by atoms with E-state index in [4.69, 9.17) is 4.74 Å². The van der Waals surface area contributed by atoms with Crippen LogP contribution >= 0.6 is 0 Å². The van der Waals surface area contributed by atoms with Crippen LogP contribution in [0, 0.1) is 0 Å². The van der Waals surface area contributed by atoms with Gasteiger partial charge in [-0.05, 0) is 12.8 Å². The van der Waals surface area contributed by atoms with E-state index >= 15 is 0 Å². The summed E-state index contributed by atoms with van der Waals surface area (Å²) in [6.07, 6.45) is 13.9. The summed E-state index contributed by atoms with van der Waals surface area (Å²) in [6.45, 7) is 4.50. The Balaban J connectivity index is 2.55. The minimum absolute atomic E-state index is 0.565. The molecule has 1 unspecified atom stereocenters. The molecule has 19 heavy (non-hydrogen) atoms. The number of hydrogen-bond donors (Lipinski definition) is 0. The van der Waals surface area contributed by atoms with Crippen molar-refractivity contribution in [2.24, 2.45) is 0 Å². The van der Waals surface area contributed by atoms with Gasteiger partial charge in [0.05, 0.1) is 25.2 Å². The molecule has 3 heteroatoms. The fraction of sp³-hybridized carbons (Fsp3) is 0.750. The van der Waals surface area contributed by atoms with Gasteiger partial charge in [-0.25, -0.2) is 4.98 Å². The lowest BCUT2D eigenvalue weighted by molar-refractivity contribution is 0.393. The van der Waals surface area contributed by atoms with E-state index in [1.165, 1.54) is 51.4 Å². The molecule has 1 aromatic heterocycles. The maximum Gasteiger partial charge on any atom is 0.231 e. The van der Waals surface area contributed by atoms with Crippen molar-refractivity contribution in [3.05, 3.63) is 18.1 Å². The standard InChI is InChI=1S/C16H28N2O/c1-4-6-8-9-11-14(10-7-5-2)15-12-18-16(19-3)13-17-15/h12-14H,4-11H2,1-3H3. The van der Waals surface area contributed by atoms with Crippen LogP contribution < -0.4 is 4.74 Å². The number of nitrogens with zero attached hydrogens (tertiary/aromatic N) is 2. The van der Waals surface area contributed by atoms with Crippen LogP contribution in [0.1, 0.15) is 76.8 Å². The smallest absolute Gasteiger partial charge is 0.231 e. The van der Waals surface area contributed by atoms with Crippen LogP contribution in [-0.4, -0.2) is 17.1 Å². The number of aromatic nitrogens is 2. The summed E-state index contributed by atoms with van der Waals surface area (Å²) < 4.78 is 5.07. The van der Waals surface area contributed by atoms with Crippen molar-refractivity contribution in [3.8, 4) is 5.88 Å². The maximum atomic E-state index is 5.07. The summed E-state index contributed by atoms with van der Waals surface area (Å²) in [5.41, 5.74) is 1.13. The van der Waals surface area contributed by atoms with E-state index in [1.54, 1.807) is 13.3 Å². The molecule has 108 valence electrons. The zero-order valence-corrected chi connectivity index (χ0v) is 12.7. The third-order valence-electron chi connectivity index (χ3n) is 3.59. The van der Waals surface area contributed by atoms with E-state index in [2.05, 4.69) is 23.8 Å². The third kappa shape index (κ3) is 6.04. The van der Waals surface area contributed by atoms with Gasteiger partial charge in [-0.2, -0.15) is 0 Å². The normalized spacial score (nSPS) is 12.4. The Hall–Kier alpha value is -1.12. The monoisotopic (exact) mass is 264 g/mol. The van der Waals surface area contributed by atoms with Crippen LogP contribution in [0.25, 0.3) is 0 Å². The molecule has 0 aliphatic carbocycles. The van der Waals surface area contributed by atoms with E-state index in [0.29, 0.717) is 11.8 Å². The second kappa shape index (κ2) is 9.76. The van der Waals surface area contributed by atoms with Crippen LogP contribution in [0.2, 0.25) is 0 Å². The molecule has 0 saturated heterocycles. The summed E-state index contributed by atoms with van der Waals surface area (Å²) in [5.74, 6) is 1.17. The number of ether oxygens (including phenoxy) is 1. The summed E-state index contributed by atoms with van der Waals surface area (Å²) >= 11 is 0. The lowest BCUT2D eigenvalue weighted by Gasteiger charge is -2.16. The molecule has 0 aliphatic rings. The van der Waals surface area contributed by atoms with Gasteiger partial charge in [-0.15, -0.1) is 0 Å². The Bertz CT molecular complexity index is 324. The predicted octanol–water partition coefficient (Wildman–Crippen LogP) is 4.73. The van der Waals surface area contributed by atoms with Crippen molar-refractivity contribution in [2.75, 3.05) is 7.11 Å². The number of unbranched alkanes of at least 4 members (excludes halogenated alkanes) is 4. The molecule has 0 aliphatic heterocycles. The number of rotatable bonds is 10. The van der Waals surface area contributed by atoms with Crippen molar-refractivity contribution < 1.29 is 4.74 Å². The fourth-order valence-electron chi connectivity index (χ4n) is 2.35.